The van der Waals surface area contributed by atoms with Crippen LogP contribution in [0.5, 0.6) is 0 Å². The molecule has 2 aliphatic carbocycles. The van der Waals surface area contributed by atoms with Crippen LogP contribution in [-0.2, 0) is 0 Å². The lowest BCUT2D eigenvalue weighted by Crippen LogP contribution is -2.23. The standard InChI is InChI=1S/C14H21I/c1-10-4-5-11-9-12(6-7-15)14(2,3)13(11)8-10/h6,8,11,13H,4-5,7,9H2,1-3H3/b12-6+. The second-order valence-corrected chi connectivity index (χ2v) is 6.53. The first-order valence-electron chi connectivity index (χ1n) is 5.98. The highest BCUT2D eigenvalue weighted by Crippen LogP contribution is 2.54. The van der Waals surface area contributed by atoms with E-state index in [9.17, 15) is 0 Å². The summed E-state index contributed by atoms with van der Waals surface area (Å²) in [4.78, 5) is 0. The van der Waals surface area contributed by atoms with Crippen molar-refractivity contribution in [2.75, 3.05) is 4.43 Å². The van der Waals surface area contributed by atoms with Crippen LogP contribution in [0.1, 0.15) is 40.0 Å². The maximum atomic E-state index is 2.56. The number of hydrogen-bond donors (Lipinski definition) is 0. The number of halogens is 1. The van der Waals surface area contributed by atoms with Gasteiger partial charge in [-0.2, -0.15) is 0 Å². The van der Waals surface area contributed by atoms with Crippen molar-refractivity contribution < 1.29 is 0 Å². The normalized spacial score (nSPS) is 36.5. The van der Waals surface area contributed by atoms with E-state index >= 15 is 0 Å². The van der Waals surface area contributed by atoms with E-state index in [2.05, 4.69) is 55.5 Å². The van der Waals surface area contributed by atoms with Gasteiger partial charge in [-0.1, -0.05) is 59.7 Å². The maximum absolute atomic E-state index is 2.56. The molecule has 0 nitrogen and oxygen atoms in total. The Bertz CT molecular complexity index is 309. The zero-order chi connectivity index (χ0) is 11.1. The van der Waals surface area contributed by atoms with Gasteiger partial charge in [0.2, 0.25) is 0 Å². The van der Waals surface area contributed by atoms with Crippen LogP contribution in [0.3, 0.4) is 0 Å². The average molecular weight is 316 g/mol. The zero-order valence-electron chi connectivity index (χ0n) is 10.0. The number of fused-ring (bicyclic) bond motifs is 1. The lowest BCUT2D eigenvalue weighted by atomic mass is 9.72. The molecule has 2 aliphatic rings. The summed E-state index contributed by atoms with van der Waals surface area (Å²) < 4.78 is 1.17. The fourth-order valence-corrected chi connectivity index (χ4v) is 3.88. The Kier molecular flexibility index (Phi) is 3.30. The monoisotopic (exact) mass is 316 g/mol. The maximum Gasteiger partial charge on any atom is 0.0178 e. The third-order valence-electron chi connectivity index (χ3n) is 4.35. The molecular weight excluding hydrogens is 295 g/mol. The van der Waals surface area contributed by atoms with Gasteiger partial charge in [-0.3, -0.25) is 0 Å². The van der Waals surface area contributed by atoms with E-state index in [1.54, 1.807) is 11.1 Å². The van der Waals surface area contributed by atoms with E-state index in [1.165, 1.54) is 23.7 Å². The first-order chi connectivity index (χ1) is 7.05. The lowest BCUT2D eigenvalue weighted by molar-refractivity contribution is 0.276. The summed E-state index contributed by atoms with van der Waals surface area (Å²) in [5.74, 6) is 1.73. The number of hydrogen-bond acceptors (Lipinski definition) is 0. The minimum atomic E-state index is 0.414. The van der Waals surface area contributed by atoms with E-state index in [0.29, 0.717) is 5.41 Å². The highest BCUT2D eigenvalue weighted by atomic mass is 127. The largest absolute Gasteiger partial charge is 0.0818 e. The van der Waals surface area contributed by atoms with Gasteiger partial charge in [0.15, 0.2) is 0 Å². The van der Waals surface area contributed by atoms with Gasteiger partial charge in [-0.25, -0.2) is 0 Å². The minimum Gasteiger partial charge on any atom is -0.0818 e. The Morgan fingerprint density at radius 1 is 1.53 bits per heavy atom. The molecule has 0 aliphatic heterocycles. The van der Waals surface area contributed by atoms with Crippen LogP contribution in [0.15, 0.2) is 23.3 Å². The van der Waals surface area contributed by atoms with Gasteiger partial charge in [-0.15, -0.1) is 0 Å². The molecule has 0 amide bonds. The highest BCUT2D eigenvalue weighted by Gasteiger charge is 2.44. The third kappa shape index (κ3) is 2.04. The predicted molar refractivity (Wildman–Crippen MR) is 75.3 cm³/mol. The Morgan fingerprint density at radius 3 is 2.93 bits per heavy atom. The molecule has 2 unspecified atom stereocenters. The quantitative estimate of drug-likeness (QED) is 0.372. The van der Waals surface area contributed by atoms with Crippen molar-refractivity contribution in [2.24, 2.45) is 17.3 Å². The zero-order valence-corrected chi connectivity index (χ0v) is 12.2. The summed E-state index contributed by atoms with van der Waals surface area (Å²) in [6.45, 7) is 7.17. The van der Waals surface area contributed by atoms with Crippen LogP contribution in [0.4, 0.5) is 0 Å². The van der Waals surface area contributed by atoms with E-state index in [0.717, 1.165) is 11.8 Å². The molecule has 0 bridgehead atoms. The van der Waals surface area contributed by atoms with Crippen molar-refractivity contribution in [2.45, 2.75) is 40.0 Å². The molecule has 15 heavy (non-hydrogen) atoms. The van der Waals surface area contributed by atoms with Crippen LogP contribution in [-0.4, -0.2) is 4.43 Å². The van der Waals surface area contributed by atoms with Crippen molar-refractivity contribution in [3.05, 3.63) is 23.3 Å². The van der Waals surface area contributed by atoms with Crippen molar-refractivity contribution in [1.82, 2.24) is 0 Å². The summed E-state index contributed by atoms with van der Waals surface area (Å²) in [6.07, 6.45) is 9.11. The van der Waals surface area contributed by atoms with E-state index in [-0.39, 0.29) is 0 Å². The summed E-state index contributed by atoms with van der Waals surface area (Å²) in [5.41, 5.74) is 3.73. The van der Waals surface area contributed by atoms with E-state index < -0.39 is 0 Å². The van der Waals surface area contributed by atoms with Gasteiger partial charge in [0, 0.05) is 4.43 Å². The smallest absolute Gasteiger partial charge is 0.0178 e. The number of alkyl halides is 1. The topological polar surface area (TPSA) is 0 Å². The average Bonchev–Trinajstić information content (AvgIpc) is 2.41. The number of rotatable bonds is 1. The van der Waals surface area contributed by atoms with Crippen LogP contribution < -0.4 is 0 Å². The minimum absolute atomic E-state index is 0.414. The van der Waals surface area contributed by atoms with Crippen LogP contribution >= 0.6 is 22.6 Å². The molecular formula is C14H21I. The molecule has 0 aromatic carbocycles. The van der Waals surface area contributed by atoms with Gasteiger partial charge in [-0.05, 0) is 43.4 Å². The third-order valence-corrected chi connectivity index (χ3v) is 4.79. The molecule has 1 heteroatoms. The SMILES string of the molecule is CC1=CC2C(CC1)C/C(=C\CI)C2(C)C. The van der Waals surface area contributed by atoms with E-state index in [1.807, 2.05) is 0 Å². The molecule has 2 rings (SSSR count). The Labute approximate surface area is 107 Å². The summed E-state index contributed by atoms with van der Waals surface area (Å²) in [5, 5.41) is 0. The molecule has 0 heterocycles. The Morgan fingerprint density at radius 2 is 2.27 bits per heavy atom. The van der Waals surface area contributed by atoms with Crippen LogP contribution in [0.2, 0.25) is 0 Å². The molecule has 0 radical (unpaired) electrons. The summed E-state index contributed by atoms with van der Waals surface area (Å²) in [6, 6.07) is 0. The molecule has 0 saturated heterocycles. The molecule has 1 saturated carbocycles. The van der Waals surface area contributed by atoms with Crippen LogP contribution in [0.25, 0.3) is 0 Å². The lowest BCUT2D eigenvalue weighted by Gasteiger charge is -2.32. The van der Waals surface area contributed by atoms with Crippen LogP contribution in [0, 0.1) is 17.3 Å². The summed E-state index contributed by atoms with van der Waals surface area (Å²) >= 11 is 2.46. The fraction of sp³-hybridized carbons (Fsp3) is 0.714. The van der Waals surface area contributed by atoms with E-state index in [4.69, 9.17) is 0 Å². The Balaban J connectivity index is 2.31. The molecule has 84 valence electrons. The van der Waals surface area contributed by atoms with Crippen molar-refractivity contribution in [1.29, 1.82) is 0 Å². The predicted octanol–water partition coefficient (Wildman–Crippen LogP) is 4.75. The molecule has 0 aromatic heterocycles. The Hall–Kier alpha value is 0.210. The molecule has 0 aromatic rings. The number of allylic oxidation sites excluding steroid dienone is 4. The second-order valence-electron chi connectivity index (χ2n) is 5.65. The van der Waals surface area contributed by atoms with Crippen molar-refractivity contribution in [3.8, 4) is 0 Å². The molecule has 0 N–H and O–H groups in total. The van der Waals surface area contributed by atoms with Gasteiger partial charge in [0.05, 0.1) is 0 Å². The second kappa shape index (κ2) is 4.23. The molecule has 0 spiro atoms. The first kappa shape index (κ1) is 11.7. The van der Waals surface area contributed by atoms with Gasteiger partial charge in [0.1, 0.15) is 0 Å². The van der Waals surface area contributed by atoms with Crippen molar-refractivity contribution >= 4 is 22.6 Å². The van der Waals surface area contributed by atoms with Gasteiger partial charge >= 0.3 is 0 Å². The van der Waals surface area contributed by atoms with Crippen molar-refractivity contribution in [3.63, 3.8) is 0 Å². The van der Waals surface area contributed by atoms with Gasteiger partial charge < -0.3 is 0 Å². The summed E-state index contributed by atoms with van der Waals surface area (Å²) in [7, 11) is 0. The first-order valence-corrected chi connectivity index (χ1v) is 7.51. The van der Waals surface area contributed by atoms with Gasteiger partial charge in [0.25, 0.3) is 0 Å². The molecule has 2 atom stereocenters. The molecule has 1 fully saturated rings. The fourth-order valence-electron chi connectivity index (χ4n) is 3.34. The highest BCUT2D eigenvalue weighted by molar-refractivity contribution is 14.1.